The number of methoxy groups -OCH3 is 1. The zero-order valence-corrected chi connectivity index (χ0v) is 17.3. The zero-order valence-electron chi connectivity index (χ0n) is 17.3. The molecule has 3 aromatic carbocycles. The first kappa shape index (κ1) is 20.5. The number of benzene rings is 3. The minimum absolute atomic E-state index is 0.0172. The molecule has 0 atom stereocenters. The Kier molecular flexibility index (Phi) is 6.17. The number of fused-ring (bicyclic) bond motifs is 1. The average Bonchev–Trinajstić information content (AvgIpc) is 2.93. The van der Waals surface area contributed by atoms with E-state index in [-0.39, 0.29) is 18.4 Å². The minimum atomic E-state index is -0.0926. The van der Waals surface area contributed by atoms with Crippen LogP contribution < -0.4 is 14.8 Å². The Labute approximate surface area is 181 Å². The summed E-state index contributed by atoms with van der Waals surface area (Å²) in [6, 6.07) is 22.7. The van der Waals surface area contributed by atoms with E-state index in [4.69, 9.17) is 9.47 Å². The molecule has 0 spiro atoms. The van der Waals surface area contributed by atoms with Crippen LogP contribution in [0.2, 0.25) is 0 Å². The summed E-state index contributed by atoms with van der Waals surface area (Å²) in [5.41, 5.74) is 3.46. The normalized spacial score (nSPS) is 13.1. The molecule has 0 aliphatic carbocycles. The molecular formula is C25H24N2O4. The molecule has 6 heteroatoms. The molecular weight excluding hydrogens is 392 g/mol. The quantitative estimate of drug-likeness (QED) is 0.664. The van der Waals surface area contributed by atoms with Gasteiger partial charge < -0.3 is 19.7 Å². The van der Waals surface area contributed by atoms with E-state index in [1.165, 1.54) is 0 Å². The molecule has 1 aliphatic heterocycles. The fourth-order valence-electron chi connectivity index (χ4n) is 3.57. The molecule has 6 nitrogen and oxygen atoms in total. The van der Waals surface area contributed by atoms with E-state index < -0.39 is 0 Å². The number of rotatable bonds is 6. The van der Waals surface area contributed by atoms with Crippen LogP contribution in [-0.4, -0.2) is 30.4 Å². The SMILES string of the molecule is COc1cccc(CN2Cc3cc(NC(=O)Cc4ccccc4)ccc3OCC2=O)c1. The van der Waals surface area contributed by atoms with Crippen LogP contribution in [-0.2, 0) is 29.1 Å². The number of nitrogens with zero attached hydrogens (tertiary/aromatic N) is 1. The van der Waals surface area contributed by atoms with Gasteiger partial charge in [-0.15, -0.1) is 0 Å². The van der Waals surface area contributed by atoms with Gasteiger partial charge in [0, 0.05) is 24.3 Å². The highest BCUT2D eigenvalue weighted by Gasteiger charge is 2.22. The molecule has 1 heterocycles. The summed E-state index contributed by atoms with van der Waals surface area (Å²) >= 11 is 0. The van der Waals surface area contributed by atoms with E-state index in [0.29, 0.717) is 30.9 Å². The maximum atomic E-state index is 12.6. The Balaban J connectivity index is 1.48. The molecule has 4 rings (SSSR count). The van der Waals surface area contributed by atoms with Gasteiger partial charge in [-0.2, -0.15) is 0 Å². The Bertz CT molecular complexity index is 1080. The van der Waals surface area contributed by atoms with Crippen molar-refractivity contribution in [2.75, 3.05) is 19.0 Å². The second kappa shape index (κ2) is 9.34. The third-order valence-corrected chi connectivity index (χ3v) is 5.12. The van der Waals surface area contributed by atoms with Crippen LogP contribution in [0.25, 0.3) is 0 Å². The standard InChI is InChI=1S/C25H24N2O4/c1-30-22-9-5-8-19(12-22)15-27-16-20-14-21(10-11-23(20)31-17-25(27)29)26-24(28)13-18-6-3-2-4-7-18/h2-12,14H,13,15-17H2,1H3,(H,26,28). The van der Waals surface area contributed by atoms with Gasteiger partial charge in [-0.1, -0.05) is 42.5 Å². The Morgan fingerprint density at radius 2 is 1.84 bits per heavy atom. The molecule has 3 aromatic rings. The second-order valence-electron chi connectivity index (χ2n) is 7.42. The van der Waals surface area contributed by atoms with Gasteiger partial charge in [0.1, 0.15) is 11.5 Å². The van der Waals surface area contributed by atoms with Gasteiger partial charge in [-0.3, -0.25) is 9.59 Å². The first-order chi connectivity index (χ1) is 15.1. The van der Waals surface area contributed by atoms with E-state index in [2.05, 4.69) is 5.32 Å². The number of carbonyl (C=O) groups excluding carboxylic acids is 2. The van der Waals surface area contributed by atoms with Crippen LogP contribution in [0.4, 0.5) is 5.69 Å². The maximum Gasteiger partial charge on any atom is 0.261 e. The second-order valence-corrected chi connectivity index (χ2v) is 7.42. The summed E-state index contributed by atoms with van der Waals surface area (Å²) in [7, 11) is 1.62. The van der Waals surface area contributed by atoms with E-state index in [0.717, 1.165) is 22.4 Å². The monoisotopic (exact) mass is 416 g/mol. The van der Waals surface area contributed by atoms with Crippen LogP contribution >= 0.6 is 0 Å². The van der Waals surface area contributed by atoms with Crippen LogP contribution in [0, 0.1) is 0 Å². The van der Waals surface area contributed by atoms with Crippen molar-refractivity contribution in [2.45, 2.75) is 19.5 Å². The molecule has 1 aliphatic rings. The molecule has 0 fully saturated rings. The largest absolute Gasteiger partial charge is 0.497 e. The molecule has 31 heavy (non-hydrogen) atoms. The molecule has 0 saturated heterocycles. The van der Waals surface area contributed by atoms with Gasteiger partial charge >= 0.3 is 0 Å². The van der Waals surface area contributed by atoms with Gasteiger partial charge in [0.15, 0.2) is 6.61 Å². The smallest absolute Gasteiger partial charge is 0.261 e. The number of amides is 2. The lowest BCUT2D eigenvalue weighted by atomic mass is 10.1. The van der Waals surface area contributed by atoms with E-state index >= 15 is 0 Å². The van der Waals surface area contributed by atoms with Crippen molar-refractivity contribution in [2.24, 2.45) is 0 Å². The van der Waals surface area contributed by atoms with Crippen molar-refractivity contribution in [1.82, 2.24) is 4.90 Å². The average molecular weight is 416 g/mol. The molecule has 158 valence electrons. The number of hydrogen-bond acceptors (Lipinski definition) is 4. The Morgan fingerprint density at radius 3 is 2.65 bits per heavy atom. The van der Waals surface area contributed by atoms with Gasteiger partial charge in [0.05, 0.1) is 13.5 Å². The number of carbonyl (C=O) groups is 2. The third kappa shape index (κ3) is 5.22. The lowest BCUT2D eigenvalue weighted by Crippen LogP contribution is -2.31. The molecule has 2 amide bonds. The first-order valence-corrected chi connectivity index (χ1v) is 10.1. The van der Waals surface area contributed by atoms with Crippen molar-refractivity contribution < 1.29 is 19.1 Å². The zero-order chi connectivity index (χ0) is 21.6. The lowest BCUT2D eigenvalue weighted by Gasteiger charge is -2.20. The topological polar surface area (TPSA) is 67.9 Å². The van der Waals surface area contributed by atoms with Gasteiger partial charge in [0.25, 0.3) is 5.91 Å². The highest BCUT2D eigenvalue weighted by molar-refractivity contribution is 5.92. The molecule has 0 saturated carbocycles. The van der Waals surface area contributed by atoms with Crippen molar-refractivity contribution in [1.29, 1.82) is 0 Å². The Morgan fingerprint density at radius 1 is 1.03 bits per heavy atom. The van der Waals surface area contributed by atoms with Gasteiger partial charge in [-0.05, 0) is 41.5 Å². The number of nitrogens with one attached hydrogen (secondary N) is 1. The third-order valence-electron chi connectivity index (χ3n) is 5.12. The summed E-state index contributed by atoms with van der Waals surface area (Å²) in [4.78, 5) is 26.8. The van der Waals surface area contributed by atoms with Crippen LogP contribution in [0.3, 0.4) is 0 Å². The first-order valence-electron chi connectivity index (χ1n) is 10.1. The predicted octanol–water partition coefficient (Wildman–Crippen LogP) is 3.80. The van der Waals surface area contributed by atoms with E-state index in [1.807, 2.05) is 60.7 Å². The molecule has 1 N–H and O–H groups in total. The van der Waals surface area contributed by atoms with Gasteiger partial charge in [-0.25, -0.2) is 0 Å². The molecule has 0 radical (unpaired) electrons. The van der Waals surface area contributed by atoms with Crippen LogP contribution in [0.5, 0.6) is 11.5 Å². The molecule has 0 bridgehead atoms. The van der Waals surface area contributed by atoms with Crippen molar-refractivity contribution in [3.63, 3.8) is 0 Å². The summed E-state index contributed by atoms with van der Waals surface area (Å²) in [5.74, 6) is 1.22. The van der Waals surface area contributed by atoms with E-state index in [9.17, 15) is 9.59 Å². The maximum absolute atomic E-state index is 12.6. The minimum Gasteiger partial charge on any atom is -0.497 e. The molecule has 0 aromatic heterocycles. The van der Waals surface area contributed by atoms with Gasteiger partial charge in [0.2, 0.25) is 5.91 Å². The highest BCUT2D eigenvalue weighted by Crippen LogP contribution is 2.28. The van der Waals surface area contributed by atoms with Crippen molar-refractivity contribution in [3.05, 3.63) is 89.5 Å². The predicted molar refractivity (Wildman–Crippen MR) is 118 cm³/mol. The number of hydrogen-bond donors (Lipinski definition) is 1. The molecule has 0 unspecified atom stereocenters. The van der Waals surface area contributed by atoms with Crippen LogP contribution in [0.15, 0.2) is 72.8 Å². The summed E-state index contributed by atoms with van der Waals surface area (Å²) in [5, 5.41) is 2.94. The summed E-state index contributed by atoms with van der Waals surface area (Å²) in [6.45, 7) is 0.827. The fourth-order valence-corrected chi connectivity index (χ4v) is 3.57. The Hall–Kier alpha value is -3.80. The van der Waals surface area contributed by atoms with Crippen LogP contribution in [0.1, 0.15) is 16.7 Å². The van der Waals surface area contributed by atoms with E-state index in [1.54, 1.807) is 24.1 Å². The lowest BCUT2D eigenvalue weighted by molar-refractivity contribution is -0.133. The number of ether oxygens (including phenoxy) is 2. The summed E-state index contributed by atoms with van der Waals surface area (Å²) < 4.78 is 11.0. The number of anilines is 1. The fraction of sp³-hybridized carbons (Fsp3) is 0.200. The van der Waals surface area contributed by atoms with Crippen molar-refractivity contribution >= 4 is 17.5 Å². The van der Waals surface area contributed by atoms with Crippen molar-refractivity contribution in [3.8, 4) is 11.5 Å². The highest BCUT2D eigenvalue weighted by atomic mass is 16.5. The summed E-state index contributed by atoms with van der Waals surface area (Å²) in [6.07, 6.45) is 0.300.